The number of para-hydroxylation sites is 2. The molecule has 1 aliphatic rings. The zero-order valence-corrected chi connectivity index (χ0v) is 15.1. The van der Waals surface area contributed by atoms with E-state index in [1.807, 2.05) is 18.2 Å². The Labute approximate surface area is 156 Å². The van der Waals surface area contributed by atoms with Crippen molar-refractivity contribution in [2.75, 3.05) is 12.4 Å². The fraction of sp³-hybridized carbons (Fsp3) is 0.158. The summed E-state index contributed by atoms with van der Waals surface area (Å²) in [5.41, 5.74) is 2.03. The van der Waals surface area contributed by atoms with Crippen LogP contribution in [0.15, 0.2) is 59.8 Å². The first-order chi connectivity index (χ1) is 12.5. The molecule has 26 heavy (non-hydrogen) atoms. The van der Waals surface area contributed by atoms with Gasteiger partial charge in [-0.25, -0.2) is 4.79 Å². The molecule has 0 aromatic heterocycles. The number of allylic oxidation sites excluding steroid dienone is 1. The van der Waals surface area contributed by atoms with Crippen LogP contribution in [0.1, 0.15) is 18.5 Å². The van der Waals surface area contributed by atoms with Gasteiger partial charge in [0.15, 0.2) is 0 Å². The van der Waals surface area contributed by atoms with Gasteiger partial charge in [0.25, 0.3) is 5.91 Å². The molecule has 3 rings (SSSR count). The first kappa shape index (κ1) is 17.8. The molecule has 0 fully saturated rings. The third kappa shape index (κ3) is 3.50. The number of carbonyl (C=O) groups is 2. The summed E-state index contributed by atoms with van der Waals surface area (Å²) in [7, 11) is 1.54. The highest BCUT2D eigenvalue weighted by atomic mass is 35.5. The number of hydrogen-bond donors (Lipinski definition) is 3. The number of methoxy groups -OCH3 is 1. The predicted octanol–water partition coefficient (Wildman–Crippen LogP) is 3.62. The van der Waals surface area contributed by atoms with Crippen LogP contribution in [-0.2, 0) is 4.79 Å². The summed E-state index contributed by atoms with van der Waals surface area (Å²) in [4.78, 5) is 24.9. The van der Waals surface area contributed by atoms with Crippen LogP contribution in [-0.4, -0.2) is 19.0 Å². The van der Waals surface area contributed by atoms with Crippen molar-refractivity contribution in [3.05, 3.63) is 70.4 Å². The topological polar surface area (TPSA) is 79.5 Å². The van der Waals surface area contributed by atoms with Gasteiger partial charge < -0.3 is 20.7 Å². The number of hydrogen-bond acceptors (Lipinski definition) is 3. The summed E-state index contributed by atoms with van der Waals surface area (Å²) in [6, 6.07) is 13.2. The fourth-order valence-electron chi connectivity index (χ4n) is 2.89. The van der Waals surface area contributed by atoms with Gasteiger partial charge in [-0.1, -0.05) is 41.9 Å². The van der Waals surface area contributed by atoms with Crippen molar-refractivity contribution >= 4 is 29.2 Å². The van der Waals surface area contributed by atoms with E-state index in [1.54, 1.807) is 44.4 Å². The fourth-order valence-corrected chi connectivity index (χ4v) is 3.07. The smallest absolute Gasteiger partial charge is 0.319 e. The zero-order valence-electron chi connectivity index (χ0n) is 14.3. The first-order valence-corrected chi connectivity index (χ1v) is 8.36. The highest BCUT2D eigenvalue weighted by Crippen LogP contribution is 2.33. The van der Waals surface area contributed by atoms with Crippen LogP contribution in [0.25, 0.3) is 0 Å². The molecule has 2 aromatic rings. The molecule has 3 amide bonds. The lowest BCUT2D eigenvalue weighted by molar-refractivity contribution is -0.113. The quantitative estimate of drug-likeness (QED) is 0.768. The molecule has 0 radical (unpaired) electrons. The molecule has 1 aliphatic heterocycles. The maximum Gasteiger partial charge on any atom is 0.319 e. The molecule has 1 heterocycles. The van der Waals surface area contributed by atoms with Crippen molar-refractivity contribution < 1.29 is 14.3 Å². The predicted molar refractivity (Wildman–Crippen MR) is 100 cm³/mol. The number of anilines is 1. The Morgan fingerprint density at radius 1 is 1.15 bits per heavy atom. The van der Waals surface area contributed by atoms with Crippen molar-refractivity contribution in [1.82, 2.24) is 10.6 Å². The number of urea groups is 1. The number of carbonyl (C=O) groups excluding carboxylic acids is 2. The SMILES string of the molecule is COc1ccccc1C1NC(=O)NC(C)=C1C(=O)Nc1ccccc1Cl. The molecule has 7 heteroatoms. The van der Waals surface area contributed by atoms with E-state index in [4.69, 9.17) is 16.3 Å². The Morgan fingerprint density at radius 2 is 1.85 bits per heavy atom. The molecular formula is C19H18ClN3O3. The van der Waals surface area contributed by atoms with Crippen LogP contribution in [0.2, 0.25) is 5.02 Å². The van der Waals surface area contributed by atoms with E-state index in [0.29, 0.717) is 33.3 Å². The van der Waals surface area contributed by atoms with E-state index in [9.17, 15) is 9.59 Å². The van der Waals surface area contributed by atoms with Crippen molar-refractivity contribution in [2.24, 2.45) is 0 Å². The molecular weight excluding hydrogens is 354 g/mol. The minimum Gasteiger partial charge on any atom is -0.496 e. The van der Waals surface area contributed by atoms with E-state index < -0.39 is 6.04 Å². The molecule has 3 N–H and O–H groups in total. The van der Waals surface area contributed by atoms with Crippen LogP contribution in [0.3, 0.4) is 0 Å². The van der Waals surface area contributed by atoms with Crippen LogP contribution in [0.5, 0.6) is 5.75 Å². The Balaban J connectivity index is 2.01. The standard InChI is InChI=1S/C19H18ClN3O3/c1-11-16(18(24)22-14-9-5-4-8-13(14)20)17(23-19(25)21-11)12-7-3-6-10-15(12)26-2/h3-10,17H,1-2H3,(H,22,24)(H2,21,23,25). The van der Waals surface area contributed by atoms with Crippen molar-refractivity contribution in [3.63, 3.8) is 0 Å². The number of benzene rings is 2. The van der Waals surface area contributed by atoms with Crippen molar-refractivity contribution in [3.8, 4) is 5.75 Å². The highest BCUT2D eigenvalue weighted by Gasteiger charge is 2.33. The summed E-state index contributed by atoms with van der Waals surface area (Å²) < 4.78 is 5.39. The number of amides is 3. The lowest BCUT2D eigenvalue weighted by Crippen LogP contribution is -2.46. The summed E-state index contributed by atoms with van der Waals surface area (Å²) in [6.45, 7) is 1.68. The second kappa shape index (κ2) is 7.49. The molecule has 2 aromatic carbocycles. The molecule has 0 spiro atoms. The summed E-state index contributed by atoms with van der Waals surface area (Å²) >= 11 is 6.13. The van der Waals surface area contributed by atoms with Gasteiger partial charge in [-0.3, -0.25) is 4.79 Å². The minimum atomic E-state index is -0.651. The van der Waals surface area contributed by atoms with E-state index in [-0.39, 0.29) is 11.9 Å². The van der Waals surface area contributed by atoms with Crippen LogP contribution >= 0.6 is 11.6 Å². The summed E-state index contributed by atoms with van der Waals surface area (Å²) in [6.07, 6.45) is 0. The highest BCUT2D eigenvalue weighted by molar-refractivity contribution is 6.33. The summed E-state index contributed by atoms with van der Waals surface area (Å²) in [5, 5.41) is 8.66. The first-order valence-electron chi connectivity index (χ1n) is 7.98. The molecule has 1 atom stereocenters. The van der Waals surface area contributed by atoms with E-state index in [2.05, 4.69) is 16.0 Å². The Kier molecular flexibility index (Phi) is 5.14. The molecule has 0 saturated heterocycles. The molecule has 0 bridgehead atoms. The van der Waals surface area contributed by atoms with Gasteiger partial charge in [-0.15, -0.1) is 0 Å². The Hall–Kier alpha value is -2.99. The monoisotopic (exact) mass is 371 g/mol. The lowest BCUT2D eigenvalue weighted by Gasteiger charge is -2.29. The molecule has 0 aliphatic carbocycles. The Morgan fingerprint density at radius 3 is 2.58 bits per heavy atom. The largest absolute Gasteiger partial charge is 0.496 e. The average Bonchev–Trinajstić information content (AvgIpc) is 2.62. The van der Waals surface area contributed by atoms with Gasteiger partial charge in [-0.2, -0.15) is 0 Å². The third-order valence-electron chi connectivity index (χ3n) is 4.09. The third-order valence-corrected chi connectivity index (χ3v) is 4.42. The Bertz CT molecular complexity index is 895. The van der Waals surface area contributed by atoms with Crippen LogP contribution in [0, 0.1) is 0 Å². The van der Waals surface area contributed by atoms with E-state index in [0.717, 1.165) is 0 Å². The number of rotatable bonds is 4. The van der Waals surface area contributed by atoms with Gasteiger partial charge >= 0.3 is 6.03 Å². The van der Waals surface area contributed by atoms with Crippen molar-refractivity contribution in [1.29, 1.82) is 0 Å². The maximum atomic E-state index is 13.0. The lowest BCUT2D eigenvalue weighted by atomic mass is 9.94. The molecule has 6 nitrogen and oxygen atoms in total. The van der Waals surface area contributed by atoms with Gasteiger partial charge in [0.1, 0.15) is 5.75 Å². The maximum absolute atomic E-state index is 13.0. The van der Waals surface area contributed by atoms with Crippen LogP contribution in [0.4, 0.5) is 10.5 Å². The average molecular weight is 372 g/mol. The van der Waals surface area contributed by atoms with Gasteiger partial charge in [0, 0.05) is 11.3 Å². The molecule has 134 valence electrons. The van der Waals surface area contributed by atoms with Gasteiger partial charge in [0.2, 0.25) is 0 Å². The zero-order chi connectivity index (χ0) is 18.7. The second-order valence-corrected chi connectivity index (χ2v) is 6.15. The van der Waals surface area contributed by atoms with Crippen molar-refractivity contribution in [2.45, 2.75) is 13.0 Å². The summed E-state index contributed by atoms with van der Waals surface area (Å²) in [5.74, 6) is 0.217. The molecule has 0 saturated carbocycles. The van der Waals surface area contributed by atoms with E-state index in [1.165, 1.54) is 0 Å². The minimum absolute atomic E-state index is 0.362. The molecule has 1 unspecified atom stereocenters. The number of ether oxygens (including phenoxy) is 1. The van der Waals surface area contributed by atoms with Gasteiger partial charge in [0.05, 0.1) is 29.4 Å². The normalized spacial score (nSPS) is 16.6. The van der Waals surface area contributed by atoms with Gasteiger partial charge in [-0.05, 0) is 25.1 Å². The van der Waals surface area contributed by atoms with Crippen LogP contribution < -0.4 is 20.7 Å². The second-order valence-electron chi connectivity index (χ2n) is 5.75. The number of halogens is 1. The number of nitrogens with one attached hydrogen (secondary N) is 3. The van der Waals surface area contributed by atoms with E-state index >= 15 is 0 Å².